The Kier molecular flexibility index (Phi) is 3.55. The quantitative estimate of drug-likeness (QED) is 0.932. The molecule has 1 aromatic heterocycles. The highest BCUT2D eigenvalue weighted by Crippen LogP contribution is 2.33. The van der Waals surface area contributed by atoms with Gasteiger partial charge < -0.3 is 14.8 Å². The van der Waals surface area contributed by atoms with E-state index in [9.17, 15) is 0 Å². The highest BCUT2D eigenvalue weighted by atomic mass is 32.1. The fourth-order valence-corrected chi connectivity index (χ4v) is 2.66. The van der Waals surface area contributed by atoms with Crippen molar-refractivity contribution < 1.29 is 9.47 Å². The smallest absolute Gasteiger partial charge is 0.163 e. The number of anilines is 1. The molecule has 0 bridgehead atoms. The summed E-state index contributed by atoms with van der Waals surface area (Å²) in [6.07, 6.45) is 0.923. The summed E-state index contributed by atoms with van der Waals surface area (Å²) in [7, 11) is 0. The molecule has 0 aliphatic carbocycles. The van der Waals surface area contributed by atoms with Crippen molar-refractivity contribution in [1.82, 2.24) is 4.98 Å². The van der Waals surface area contributed by atoms with E-state index in [1.165, 1.54) is 0 Å². The molecule has 0 spiro atoms. The molecule has 3 rings (SSSR count). The van der Waals surface area contributed by atoms with Gasteiger partial charge in [-0.05, 0) is 19.1 Å². The number of ether oxygens (including phenoxy) is 2. The number of nitrogens with zero attached hydrogens (tertiary/aromatic N) is 1. The number of nitrogens with one attached hydrogen (secondary N) is 1. The topological polar surface area (TPSA) is 43.4 Å². The van der Waals surface area contributed by atoms with E-state index in [1.54, 1.807) is 11.3 Å². The Morgan fingerprint density at radius 2 is 2.11 bits per heavy atom. The second-order valence-corrected chi connectivity index (χ2v) is 5.21. The molecule has 0 fully saturated rings. The summed E-state index contributed by atoms with van der Waals surface area (Å²) >= 11 is 1.61. The van der Waals surface area contributed by atoms with Crippen molar-refractivity contribution in [2.24, 2.45) is 0 Å². The van der Waals surface area contributed by atoms with Crippen molar-refractivity contribution >= 4 is 17.0 Å². The summed E-state index contributed by atoms with van der Waals surface area (Å²) in [5.41, 5.74) is 3.92. The second-order valence-electron chi connectivity index (χ2n) is 4.49. The Morgan fingerprint density at radius 1 is 1.26 bits per heavy atom. The van der Waals surface area contributed by atoms with Crippen molar-refractivity contribution in [3.05, 3.63) is 34.8 Å². The molecular formula is C14H16N2O2S. The molecule has 1 atom stereocenters. The van der Waals surface area contributed by atoms with Crippen LogP contribution >= 0.6 is 11.3 Å². The van der Waals surface area contributed by atoms with Crippen LogP contribution in [0.1, 0.15) is 25.1 Å². The van der Waals surface area contributed by atoms with Gasteiger partial charge in [0.2, 0.25) is 0 Å². The van der Waals surface area contributed by atoms with Gasteiger partial charge in [-0.1, -0.05) is 0 Å². The van der Waals surface area contributed by atoms with E-state index in [-0.39, 0.29) is 6.04 Å². The van der Waals surface area contributed by atoms with E-state index in [0.717, 1.165) is 35.9 Å². The van der Waals surface area contributed by atoms with Crippen molar-refractivity contribution in [2.75, 3.05) is 18.5 Å². The molecule has 1 aliphatic heterocycles. The van der Waals surface area contributed by atoms with Gasteiger partial charge in [0.25, 0.3) is 0 Å². The normalized spacial score (nSPS) is 15.6. The van der Waals surface area contributed by atoms with Crippen LogP contribution in [-0.4, -0.2) is 18.2 Å². The molecular weight excluding hydrogens is 260 g/mol. The van der Waals surface area contributed by atoms with Crippen LogP contribution in [0, 0.1) is 0 Å². The molecule has 100 valence electrons. The fourth-order valence-electron chi connectivity index (χ4n) is 2.01. The fraction of sp³-hybridized carbons (Fsp3) is 0.357. The zero-order valence-electron chi connectivity index (χ0n) is 10.8. The van der Waals surface area contributed by atoms with E-state index in [1.807, 2.05) is 23.7 Å². The van der Waals surface area contributed by atoms with Crippen LogP contribution in [0.3, 0.4) is 0 Å². The second kappa shape index (κ2) is 5.48. The van der Waals surface area contributed by atoms with Crippen LogP contribution in [0.25, 0.3) is 0 Å². The SMILES string of the molecule is CC(Nc1ccc2c(c1)OCCCO2)c1cscn1. The minimum Gasteiger partial charge on any atom is -0.490 e. The molecule has 0 saturated carbocycles. The maximum absolute atomic E-state index is 5.68. The lowest BCUT2D eigenvalue weighted by Gasteiger charge is -2.15. The zero-order valence-corrected chi connectivity index (χ0v) is 11.6. The molecule has 1 aromatic carbocycles. The van der Waals surface area contributed by atoms with Gasteiger partial charge in [-0.2, -0.15) is 0 Å². The van der Waals surface area contributed by atoms with Crippen molar-refractivity contribution in [1.29, 1.82) is 0 Å². The van der Waals surface area contributed by atoms with Crippen LogP contribution in [0.15, 0.2) is 29.1 Å². The minimum absolute atomic E-state index is 0.177. The summed E-state index contributed by atoms with van der Waals surface area (Å²) in [5, 5.41) is 5.48. The summed E-state index contributed by atoms with van der Waals surface area (Å²) in [6, 6.07) is 6.13. The number of hydrogen-bond acceptors (Lipinski definition) is 5. The van der Waals surface area contributed by atoms with Crippen LogP contribution in [0.5, 0.6) is 11.5 Å². The van der Waals surface area contributed by atoms with Gasteiger partial charge in [0.05, 0.1) is 30.5 Å². The monoisotopic (exact) mass is 276 g/mol. The lowest BCUT2D eigenvalue weighted by molar-refractivity contribution is 0.297. The number of rotatable bonds is 3. The summed E-state index contributed by atoms with van der Waals surface area (Å²) in [6.45, 7) is 3.52. The Bertz CT molecular complexity index is 542. The van der Waals surface area contributed by atoms with Crippen molar-refractivity contribution in [3.63, 3.8) is 0 Å². The van der Waals surface area contributed by atoms with Crippen molar-refractivity contribution in [3.8, 4) is 11.5 Å². The summed E-state index contributed by atoms with van der Waals surface area (Å²) in [5.74, 6) is 1.64. The Labute approximate surface area is 116 Å². The molecule has 1 aliphatic rings. The van der Waals surface area contributed by atoms with Gasteiger partial charge in [0.1, 0.15) is 0 Å². The molecule has 2 aromatic rings. The highest BCUT2D eigenvalue weighted by Gasteiger charge is 2.12. The largest absolute Gasteiger partial charge is 0.490 e. The molecule has 0 amide bonds. The van der Waals surface area contributed by atoms with E-state index in [0.29, 0.717) is 6.61 Å². The summed E-state index contributed by atoms with van der Waals surface area (Å²) < 4.78 is 11.3. The van der Waals surface area contributed by atoms with Crippen LogP contribution < -0.4 is 14.8 Å². The Hall–Kier alpha value is -1.75. The van der Waals surface area contributed by atoms with Crippen LogP contribution in [0.4, 0.5) is 5.69 Å². The molecule has 4 nitrogen and oxygen atoms in total. The molecule has 2 heterocycles. The predicted octanol–water partition coefficient (Wildman–Crippen LogP) is 3.48. The van der Waals surface area contributed by atoms with Gasteiger partial charge in [-0.25, -0.2) is 4.98 Å². The average Bonchev–Trinajstić information content (AvgIpc) is 2.85. The van der Waals surface area contributed by atoms with Gasteiger partial charge >= 0.3 is 0 Å². The third kappa shape index (κ3) is 2.81. The number of fused-ring (bicyclic) bond motifs is 1. The van der Waals surface area contributed by atoms with E-state index >= 15 is 0 Å². The number of thiazole rings is 1. The van der Waals surface area contributed by atoms with Gasteiger partial charge in [-0.15, -0.1) is 11.3 Å². The zero-order chi connectivity index (χ0) is 13.1. The number of benzene rings is 1. The Balaban J connectivity index is 1.76. The lowest BCUT2D eigenvalue weighted by Crippen LogP contribution is -2.07. The van der Waals surface area contributed by atoms with E-state index < -0.39 is 0 Å². The molecule has 0 saturated heterocycles. The maximum atomic E-state index is 5.68. The average molecular weight is 276 g/mol. The first-order valence-electron chi connectivity index (χ1n) is 6.37. The summed E-state index contributed by atoms with van der Waals surface area (Å²) in [4.78, 5) is 4.31. The molecule has 19 heavy (non-hydrogen) atoms. The van der Waals surface area contributed by atoms with Crippen molar-refractivity contribution in [2.45, 2.75) is 19.4 Å². The standard InChI is InChI=1S/C14H16N2O2S/c1-10(12-8-19-9-15-12)16-11-3-4-13-14(7-11)18-6-2-5-17-13/h3-4,7-10,16H,2,5-6H2,1H3. The molecule has 0 radical (unpaired) electrons. The van der Waals surface area contributed by atoms with E-state index in [2.05, 4.69) is 22.6 Å². The number of aromatic nitrogens is 1. The van der Waals surface area contributed by atoms with Gasteiger partial charge in [0.15, 0.2) is 11.5 Å². The first-order valence-corrected chi connectivity index (χ1v) is 7.31. The number of hydrogen-bond donors (Lipinski definition) is 1. The third-order valence-corrected chi connectivity index (χ3v) is 3.63. The highest BCUT2D eigenvalue weighted by molar-refractivity contribution is 7.07. The van der Waals surface area contributed by atoms with Gasteiger partial charge in [-0.3, -0.25) is 0 Å². The lowest BCUT2D eigenvalue weighted by atomic mass is 10.2. The molecule has 1 unspecified atom stereocenters. The van der Waals surface area contributed by atoms with Gasteiger partial charge in [0, 0.05) is 23.6 Å². The first-order chi connectivity index (χ1) is 9.33. The maximum Gasteiger partial charge on any atom is 0.163 e. The van der Waals surface area contributed by atoms with Crippen LogP contribution in [-0.2, 0) is 0 Å². The molecule has 1 N–H and O–H groups in total. The third-order valence-electron chi connectivity index (χ3n) is 3.03. The van der Waals surface area contributed by atoms with Crippen LogP contribution in [0.2, 0.25) is 0 Å². The van der Waals surface area contributed by atoms with E-state index in [4.69, 9.17) is 9.47 Å². The Morgan fingerprint density at radius 3 is 2.89 bits per heavy atom. The minimum atomic E-state index is 0.177. The molecule has 5 heteroatoms. The first kappa shape index (κ1) is 12.3. The predicted molar refractivity (Wildman–Crippen MR) is 76.2 cm³/mol.